The molecule has 0 unspecified atom stereocenters. The van der Waals surface area contributed by atoms with Crippen molar-refractivity contribution in [2.24, 2.45) is 5.92 Å². The fourth-order valence-electron chi connectivity index (χ4n) is 6.55. The number of rotatable bonds is 7. The normalized spacial score (nSPS) is 22.2. The lowest BCUT2D eigenvalue weighted by molar-refractivity contribution is -0.139. The van der Waals surface area contributed by atoms with Gasteiger partial charge in [-0.05, 0) is 49.4 Å². The van der Waals surface area contributed by atoms with Crippen molar-refractivity contribution in [3.8, 4) is 5.75 Å². The van der Waals surface area contributed by atoms with E-state index in [1.807, 2.05) is 6.07 Å². The van der Waals surface area contributed by atoms with Crippen LogP contribution in [0.25, 0.3) is 10.9 Å². The van der Waals surface area contributed by atoms with Gasteiger partial charge in [0.15, 0.2) is 5.75 Å². The number of benzene rings is 1. The van der Waals surface area contributed by atoms with Crippen molar-refractivity contribution in [3.63, 3.8) is 0 Å². The molecule has 5 rings (SSSR count). The molecule has 0 spiro atoms. The lowest BCUT2D eigenvalue weighted by atomic mass is 9.84. The van der Waals surface area contributed by atoms with E-state index in [0.717, 1.165) is 32.1 Å². The van der Waals surface area contributed by atoms with Crippen LogP contribution in [-0.4, -0.2) is 71.2 Å². The molecule has 3 aliphatic rings. The summed E-state index contributed by atoms with van der Waals surface area (Å²) < 4.78 is 20.1. The van der Waals surface area contributed by atoms with Gasteiger partial charge in [-0.1, -0.05) is 63.0 Å². The molecule has 1 saturated heterocycles. The Morgan fingerprint density at radius 3 is 2.54 bits per heavy atom. The molecule has 39 heavy (non-hydrogen) atoms. The second-order valence-electron chi connectivity index (χ2n) is 11.4. The maximum atomic E-state index is 14.4. The number of nitrogens with zero attached hydrogens (tertiary/aromatic N) is 3. The van der Waals surface area contributed by atoms with Gasteiger partial charge >= 0.3 is 6.09 Å². The quantitative estimate of drug-likeness (QED) is 0.442. The molecule has 3 fully saturated rings. The third-order valence-electron chi connectivity index (χ3n) is 8.71. The van der Waals surface area contributed by atoms with E-state index >= 15 is 0 Å². The van der Waals surface area contributed by atoms with Crippen LogP contribution >= 0.6 is 11.6 Å². The predicted molar refractivity (Wildman–Crippen MR) is 151 cm³/mol. The van der Waals surface area contributed by atoms with E-state index in [0.29, 0.717) is 40.2 Å². The molecule has 212 valence electrons. The first-order valence-electron chi connectivity index (χ1n) is 14.7. The Kier molecular flexibility index (Phi) is 9.56. The monoisotopic (exact) mass is 558 g/mol. The van der Waals surface area contributed by atoms with Gasteiger partial charge in [-0.15, -0.1) is 0 Å². The number of nitrogens with one attached hydrogen (secondary N) is 1. The molecule has 2 saturated carbocycles. The summed E-state index contributed by atoms with van der Waals surface area (Å²) in [5, 5.41) is 4.91. The lowest BCUT2D eigenvalue weighted by Gasteiger charge is -2.42. The van der Waals surface area contributed by atoms with E-state index in [-0.39, 0.29) is 25.0 Å². The topological polar surface area (TPSA) is 74.8 Å². The third kappa shape index (κ3) is 6.83. The minimum atomic E-state index is -0.708. The number of halogens is 2. The first-order chi connectivity index (χ1) is 19.0. The van der Waals surface area contributed by atoms with Crippen molar-refractivity contribution in [1.29, 1.82) is 0 Å². The van der Waals surface area contributed by atoms with Gasteiger partial charge in [0.1, 0.15) is 12.2 Å². The predicted octanol–water partition coefficient (Wildman–Crippen LogP) is 6.13. The number of piperazine rings is 1. The van der Waals surface area contributed by atoms with Gasteiger partial charge in [0, 0.05) is 37.3 Å². The average molecular weight is 559 g/mol. The van der Waals surface area contributed by atoms with Crippen molar-refractivity contribution >= 4 is 34.5 Å². The molecule has 1 N–H and O–H groups in total. The zero-order chi connectivity index (χ0) is 27.2. The largest absolute Gasteiger partial charge is 0.415 e. The fraction of sp³-hybridized carbons (Fsp3) is 0.633. The van der Waals surface area contributed by atoms with Crippen LogP contribution in [0.4, 0.5) is 9.18 Å². The van der Waals surface area contributed by atoms with Crippen LogP contribution in [0.1, 0.15) is 70.6 Å². The van der Waals surface area contributed by atoms with Crippen LogP contribution in [0.2, 0.25) is 5.02 Å². The third-order valence-corrected chi connectivity index (χ3v) is 9.04. The number of pyridine rings is 1. The molecule has 0 bridgehead atoms. The standard InChI is InChI=1S/C30H40ClFN4O3/c31-25-13-14-27(28-24(25)12-7-15-33-28)39-30(38)35-16-17-36(23(19-32)20-35)29(37)26(18-21-8-3-1-4-9-21)34-22-10-5-2-6-11-22/h7,12-15,21-23,26,34H,1-6,8-11,16-20H2/t23-,26-/m1/s1. The zero-order valence-electron chi connectivity index (χ0n) is 22.6. The lowest BCUT2D eigenvalue weighted by Crippen LogP contribution is -2.62. The number of aromatic nitrogens is 1. The highest BCUT2D eigenvalue weighted by molar-refractivity contribution is 6.35. The summed E-state index contributed by atoms with van der Waals surface area (Å²) in [4.78, 5) is 34.5. The van der Waals surface area contributed by atoms with Crippen LogP contribution in [0, 0.1) is 5.92 Å². The number of hydrogen-bond acceptors (Lipinski definition) is 5. The van der Waals surface area contributed by atoms with Gasteiger partial charge < -0.3 is 19.9 Å². The van der Waals surface area contributed by atoms with Gasteiger partial charge in [0.25, 0.3) is 0 Å². The summed E-state index contributed by atoms with van der Waals surface area (Å²) in [6.45, 7) is -0.0324. The molecular formula is C30H40ClFN4O3. The highest BCUT2D eigenvalue weighted by atomic mass is 35.5. The Hall–Kier alpha value is -2.45. The first kappa shape index (κ1) is 28.1. The Morgan fingerprint density at radius 1 is 1.05 bits per heavy atom. The molecule has 2 aromatic rings. The number of carbonyl (C=O) groups excluding carboxylic acids is 2. The summed E-state index contributed by atoms with van der Waals surface area (Å²) in [6, 6.07) is 6.23. The number of ether oxygens (including phenoxy) is 1. The molecule has 0 radical (unpaired) electrons. The second-order valence-corrected chi connectivity index (χ2v) is 11.8. The molecule has 7 nitrogen and oxygen atoms in total. The van der Waals surface area contributed by atoms with Crippen LogP contribution < -0.4 is 10.1 Å². The zero-order valence-corrected chi connectivity index (χ0v) is 23.4. The van der Waals surface area contributed by atoms with Gasteiger partial charge in [-0.25, -0.2) is 9.18 Å². The van der Waals surface area contributed by atoms with E-state index in [1.54, 1.807) is 29.3 Å². The SMILES string of the molecule is O=C(Oc1ccc(Cl)c2cccnc12)N1CCN(C(=O)[C@@H](CC2CCCCC2)NC2CCCCC2)[C@H](CF)C1. The number of hydrogen-bond donors (Lipinski definition) is 1. The second kappa shape index (κ2) is 13.3. The number of fused-ring (bicyclic) bond motifs is 1. The van der Waals surface area contributed by atoms with Gasteiger partial charge in [0.2, 0.25) is 5.91 Å². The summed E-state index contributed by atoms with van der Waals surface area (Å²) >= 11 is 6.27. The van der Waals surface area contributed by atoms with Gasteiger partial charge in [-0.2, -0.15) is 0 Å². The maximum absolute atomic E-state index is 14.4. The van der Waals surface area contributed by atoms with E-state index in [4.69, 9.17) is 16.3 Å². The van der Waals surface area contributed by atoms with Crippen molar-refractivity contribution in [1.82, 2.24) is 20.1 Å². The Labute approximate surface area is 235 Å². The van der Waals surface area contributed by atoms with Crippen molar-refractivity contribution in [3.05, 3.63) is 35.5 Å². The maximum Gasteiger partial charge on any atom is 0.415 e. The Bertz CT molecular complexity index is 1120. The molecule has 1 aliphatic heterocycles. The number of amides is 2. The van der Waals surface area contributed by atoms with E-state index in [9.17, 15) is 14.0 Å². The van der Waals surface area contributed by atoms with Crippen molar-refractivity contribution in [2.75, 3.05) is 26.3 Å². The summed E-state index contributed by atoms with van der Waals surface area (Å²) in [5.74, 6) is 0.820. The highest BCUT2D eigenvalue weighted by Crippen LogP contribution is 2.31. The van der Waals surface area contributed by atoms with Crippen LogP contribution in [0.3, 0.4) is 0 Å². The first-order valence-corrected chi connectivity index (χ1v) is 15.0. The van der Waals surface area contributed by atoms with E-state index in [2.05, 4.69) is 10.3 Å². The minimum absolute atomic E-state index is 0.0188. The van der Waals surface area contributed by atoms with Crippen LogP contribution in [0.5, 0.6) is 5.75 Å². The number of carbonyl (C=O) groups is 2. The van der Waals surface area contributed by atoms with E-state index in [1.165, 1.54) is 43.4 Å². The molecule has 2 heterocycles. The molecule has 2 amide bonds. The van der Waals surface area contributed by atoms with Gasteiger partial charge in [-0.3, -0.25) is 9.78 Å². The molecule has 1 aromatic carbocycles. The smallest absolute Gasteiger partial charge is 0.408 e. The Morgan fingerprint density at radius 2 is 1.79 bits per heavy atom. The van der Waals surface area contributed by atoms with E-state index < -0.39 is 18.8 Å². The summed E-state index contributed by atoms with van der Waals surface area (Å²) in [7, 11) is 0. The Balaban J connectivity index is 1.25. The summed E-state index contributed by atoms with van der Waals surface area (Å²) in [6.07, 6.45) is 13.7. The molecular weight excluding hydrogens is 519 g/mol. The highest BCUT2D eigenvalue weighted by Gasteiger charge is 2.38. The molecule has 1 aromatic heterocycles. The van der Waals surface area contributed by atoms with Crippen molar-refractivity contribution < 1.29 is 18.7 Å². The molecule has 9 heteroatoms. The number of alkyl halides is 1. The minimum Gasteiger partial charge on any atom is -0.408 e. The summed E-state index contributed by atoms with van der Waals surface area (Å²) in [5.41, 5.74) is 0.494. The average Bonchev–Trinajstić information content (AvgIpc) is 2.98. The van der Waals surface area contributed by atoms with Gasteiger partial charge in [0.05, 0.1) is 17.1 Å². The molecule has 2 aliphatic carbocycles. The van der Waals surface area contributed by atoms with Crippen LogP contribution in [-0.2, 0) is 4.79 Å². The van der Waals surface area contributed by atoms with Crippen LogP contribution in [0.15, 0.2) is 30.5 Å². The fourth-order valence-corrected chi connectivity index (χ4v) is 6.76. The van der Waals surface area contributed by atoms with Crippen molar-refractivity contribution in [2.45, 2.75) is 88.8 Å². The molecule has 2 atom stereocenters.